The molecule has 1 heterocycles. The number of carbonyl (C=O) groups is 1. The van der Waals surface area contributed by atoms with E-state index in [-0.39, 0.29) is 11.9 Å². The summed E-state index contributed by atoms with van der Waals surface area (Å²) in [6.07, 6.45) is 5.55. The zero-order valence-corrected chi connectivity index (χ0v) is 8.25. The van der Waals surface area contributed by atoms with Gasteiger partial charge in [-0.25, -0.2) is 0 Å². The molecule has 1 aromatic heterocycles. The Kier molecular flexibility index (Phi) is 2.52. The maximum Gasteiger partial charge on any atom is 0.309 e. The Morgan fingerprint density at radius 3 is 3.36 bits per heavy atom. The van der Waals surface area contributed by atoms with Crippen molar-refractivity contribution in [1.82, 2.24) is 10.2 Å². The van der Waals surface area contributed by atoms with Crippen molar-refractivity contribution in [3.63, 3.8) is 0 Å². The van der Waals surface area contributed by atoms with Crippen LogP contribution in [-0.4, -0.2) is 23.3 Å². The second-order valence-corrected chi connectivity index (χ2v) is 3.69. The van der Waals surface area contributed by atoms with Crippen molar-refractivity contribution in [2.24, 2.45) is 5.92 Å². The molecule has 2 rings (SSSR count). The zero-order chi connectivity index (χ0) is 9.97. The number of aromatic amines is 1. The third-order valence-electron chi connectivity index (χ3n) is 2.79. The molecule has 76 valence electrons. The Morgan fingerprint density at radius 2 is 2.57 bits per heavy atom. The Balaban J connectivity index is 2.15. The number of nitrogens with one attached hydrogen (secondary N) is 1. The summed E-state index contributed by atoms with van der Waals surface area (Å²) in [5, 5.41) is 6.94. The molecule has 0 bridgehead atoms. The summed E-state index contributed by atoms with van der Waals surface area (Å²) >= 11 is 0. The molecule has 4 heteroatoms. The Morgan fingerprint density at radius 1 is 1.71 bits per heavy atom. The van der Waals surface area contributed by atoms with E-state index in [0.29, 0.717) is 0 Å². The maximum atomic E-state index is 11.4. The summed E-state index contributed by atoms with van der Waals surface area (Å²) in [6, 6.07) is 0. The SMILES string of the molecule is COC(=O)[C@H]1CCCc2cn[nH]c2C1. The van der Waals surface area contributed by atoms with E-state index < -0.39 is 0 Å². The van der Waals surface area contributed by atoms with E-state index in [9.17, 15) is 4.79 Å². The van der Waals surface area contributed by atoms with Crippen molar-refractivity contribution >= 4 is 5.97 Å². The van der Waals surface area contributed by atoms with Gasteiger partial charge in [-0.2, -0.15) is 5.10 Å². The number of esters is 1. The number of rotatable bonds is 1. The second kappa shape index (κ2) is 3.82. The lowest BCUT2D eigenvalue weighted by Crippen LogP contribution is -2.18. The molecule has 0 aromatic carbocycles. The second-order valence-electron chi connectivity index (χ2n) is 3.69. The van der Waals surface area contributed by atoms with Gasteiger partial charge < -0.3 is 4.74 Å². The molecule has 1 aliphatic rings. The van der Waals surface area contributed by atoms with E-state index in [4.69, 9.17) is 4.74 Å². The number of nitrogens with zero attached hydrogens (tertiary/aromatic N) is 1. The molecule has 1 N–H and O–H groups in total. The fraction of sp³-hybridized carbons (Fsp3) is 0.600. The fourth-order valence-corrected chi connectivity index (χ4v) is 1.99. The number of carbonyl (C=O) groups excluding carboxylic acids is 1. The summed E-state index contributed by atoms with van der Waals surface area (Å²) in [4.78, 5) is 11.4. The van der Waals surface area contributed by atoms with E-state index in [1.807, 2.05) is 6.20 Å². The Labute approximate surface area is 82.7 Å². The van der Waals surface area contributed by atoms with E-state index in [2.05, 4.69) is 10.2 Å². The normalized spacial score (nSPS) is 21.1. The highest BCUT2D eigenvalue weighted by molar-refractivity contribution is 5.72. The van der Waals surface area contributed by atoms with Gasteiger partial charge in [-0.3, -0.25) is 9.89 Å². The lowest BCUT2D eigenvalue weighted by atomic mass is 10.0. The van der Waals surface area contributed by atoms with Crippen LogP contribution in [0.2, 0.25) is 0 Å². The Bertz CT molecular complexity index is 333. The molecule has 1 aromatic rings. The van der Waals surface area contributed by atoms with Crippen molar-refractivity contribution in [2.75, 3.05) is 7.11 Å². The quantitative estimate of drug-likeness (QED) is 0.537. The number of H-pyrrole nitrogens is 1. The Hall–Kier alpha value is -1.32. The molecular weight excluding hydrogens is 180 g/mol. The monoisotopic (exact) mass is 194 g/mol. The van der Waals surface area contributed by atoms with Crippen LogP contribution in [0, 0.1) is 5.92 Å². The highest BCUT2D eigenvalue weighted by atomic mass is 16.5. The van der Waals surface area contributed by atoms with Crippen molar-refractivity contribution in [3.8, 4) is 0 Å². The van der Waals surface area contributed by atoms with E-state index in [1.54, 1.807) is 0 Å². The molecule has 14 heavy (non-hydrogen) atoms. The smallest absolute Gasteiger partial charge is 0.309 e. The predicted molar refractivity (Wildman–Crippen MR) is 50.7 cm³/mol. The van der Waals surface area contributed by atoms with Crippen LogP contribution in [0.25, 0.3) is 0 Å². The van der Waals surface area contributed by atoms with Gasteiger partial charge in [-0.05, 0) is 24.8 Å². The molecule has 1 aliphatic carbocycles. The average Bonchev–Trinajstić information content (AvgIpc) is 2.54. The van der Waals surface area contributed by atoms with Gasteiger partial charge in [0.15, 0.2) is 0 Å². The number of aromatic nitrogens is 2. The van der Waals surface area contributed by atoms with Crippen molar-refractivity contribution < 1.29 is 9.53 Å². The van der Waals surface area contributed by atoms with Gasteiger partial charge >= 0.3 is 5.97 Å². The third-order valence-corrected chi connectivity index (χ3v) is 2.79. The van der Waals surface area contributed by atoms with Crippen molar-refractivity contribution in [2.45, 2.75) is 25.7 Å². The summed E-state index contributed by atoms with van der Waals surface area (Å²) in [7, 11) is 1.45. The minimum atomic E-state index is -0.104. The van der Waals surface area contributed by atoms with Crippen molar-refractivity contribution in [1.29, 1.82) is 0 Å². The van der Waals surface area contributed by atoms with Crippen LogP contribution in [0.5, 0.6) is 0 Å². The van der Waals surface area contributed by atoms with Gasteiger partial charge in [-0.15, -0.1) is 0 Å². The molecule has 0 spiro atoms. The molecule has 0 fully saturated rings. The molecule has 0 saturated heterocycles. The van der Waals surface area contributed by atoms with Crippen LogP contribution in [0.15, 0.2) is 6.20 Å². The van der Waals surface area contributed by atoms with Gasteiger partial charge in [0.2, 0.25) is 0 Å². The molecular formula is C10H14N2O2. The largest absolute Gasteiger partial charge is 0.469 e. The number of ether oxygens (including phenoxy) is 1. The summed E-state index contributed by atoms with van der Waals surface area (Å²) in [5.41, 5.74) is 2.34. The number of aryl methyl sites for hydroxylation is 1. The topological polar surface area (TPSA) is 55.0 Å². The minimum Gasteiger partial charge on any atom is -0.469 e. The fourth-order valence-electron chi connectivity index (χ4n) is 1.99. The highest BCUT2D eigenvalue weighted by Crippen LogP contribution is 2.23. The first-order chi connectivity index (χ1) is 6.81. The van der Waals surface area contributed by atoms with Crippen LogP contribution >= 0.6 is 0 Å². The van der Waals surface area contributed by atoms with Gasteiger partial charge in [0.25, 0.3) is 0 Å². The van der Waals surface area contributed by atoms with Crippen LogP contribution in [-0.2, 0) is 22.4 Å². The molecule has 0 amide bonds. The zero-order valence-electron chi connectivity index (χ0n) is 8.25. The summed E-state index contributed by atoms with van der Waals surface area (Å²) < 4.78 is 4.76. The van der Waals surface area contributed by atoms with Gasteiger partial charge in [0, 0.05) is 12.1 Å². The number of hydrogen-bond donors (Lipinski definition) is 1. The van der Waals surface area contributed by atoms with Crippen LogP contribution in [0.4, 0.5) is 0 Å². The average molecular weight is 194 g/mol. The van der Waals surface area contributed by atoms with Crippen molar-refractivity contribution in [3.05, 3.63) is 17.5 Å². The molecule has 0 aliphatic heterocycles. The first-order valence-electron chi connectivity index (χ1n) is 4.90. The summed E-state index contributed by atoms with van der Waals surface area (Å²) in [5.74, 6) is -0.103. The maximum absolute atomic E-state index is 11.4. The third kappa shape index (κ3) is 1.64. The molecule has 0 unspecified atom stereocenters. The van der Waals surface area contributed by atoms with E-state index >= 15 is 0 Å². The number of fused-ring (bicyclic) bond motifs is 1. The number of methoxy groups -OCH3 is 1. The lowest BCUT2D eigenvalue weighted by molar-refractivity contribution is -0.145. The first kappa shape index (κ1) is 9.24. The molecule has 0 radical (unpaired) electrons. The van der Waals surface area contributed by atoms with Gasteiger partial charge in [-0.1, -0.05) is 0 Å². The lowest BCUT2D eigenvalue weighted by Gasteiger charge is -2.10. The van der Waals surface area contributed by atoms with Crippen LogP contribution in [0.3, 0.4) is 0 Å². The van der Waals surface area contributed by atoms with E-state index in [0.717, 1.165) is 31.4 Å². The molecule has 1 atom stereocenters. The minimum absolute atomic E-state index is 0.00157. The van der Waals surface area contributed by atoms with E-state index in [1.165, 1.54) is 12.7 Å². The predicted octanol–water partition coefficient (Wildman–Crippen LogP) is 1.08. The van der Waals surface area contributed by atoms with Crippen LogP contribution in [0.1, 0.15) is 24.1 Å². The van der Waals surface area contributed by atoms with Gasteiger partial charge in [0.05, 0.1) is 19.2 Å². The molecule has 4 nitrogen and oxygen atoms in total. The number of hydrogen-bond acceptors (Lipinski definition) is 3. The standard InChI is InChI=1S/C10H14N2O2/c1-14-10(13)7-3-2-4-8-6-11-12-9(8)5-7/h6-7H,2-5H2,1H3,(H,11,12)/t7-/m0/s1. The van der Waals surface area contributed by atoms with Crippen LogP contribution < -0.4 is 0 Å². The first-order valence-corrected chi connectivity index (χ1v) is 4.90. The summed E-state index contributed by atoms with van der Waals surface area (Å²) in [6.45, 7) is 0. The highest BCUT2D eigenvalue weighted by Gasteiger charge is 2.24. The molecule has 0 saturated carbocycles. The van der Waals surface area contributed by atoms with Gasteiger partial charge in [0.1, 0.15) is 0 Å².